The zero-order valence-electron chi connectivity index (χ0n) is 15.9. The van der Waals surface area contributed by atoms with Crippen LogP contribution < -0.4 is 10.8 Å². The van der Waals surface area contributed by atoms with E-state index in [-0.39, 0.29) is 0 Å². The van der Waals surface area contributed by atoms with Gasteiger partial charge in [-0.3, -0.25) is 14.9 Å². The second-order valence-electron chi connectivity index (χ2n) is 7.09. The lowest BCUT2D eigenvalue weighted by atomic mass is 10.0. The molecule has 6 nitrogen and oxygen atoms in total. The molecule has 3 rings (SSSR count). The van der Waals surface area contributed by atoms with Gasteiger partial charge < -0.3 is 5.32 Å². The number of hydrogen-bond acceptors (Lipinski definition) is 5. The lowest BCUT2D eigenvalue weighted by Gasteiger charge is -2.32. The van der Waals surface area contributed by atoms with Crippen molar-refractivity contribution in [2.75, 3.05) is 18.4 Å². The molecule has 2 heterocycles. The summed E-state index contributed by atoms with van der Waals surface area (Å²) in [6.07, 6.45) is 6.45. The molecule has 0 bridgehead atoms. The number of amides is 1. The standard InChI is InChI=1S/C21H25ClN4O2/c1-15-2-4-16(5-3-15)14-26-10-8-18(9-11-26)24-21-19(22)12-17(13-23-21)6-7-20(27)25-28/h2-7,12-13,18,28H,8-11,14H2,1H3,(H,23,24)(H,25,27). The Labute approximate surface area is 170 Å². The molecule has 2 aromatic rings. The lowest BCUT2D eigenvalue weighted by molar-refractivity contribution is -0.124. The molecule has 3 N–H and O–H groups in total. The van der Waals surface area contributed by atoms with Crippen molar-refractivity contribution in [2.24, 2.45) is 0 Å². The molecular formula is C21H25ClN4O2. The molecule has 28 heavy (non-hydrogen) atoms. The Bertz CT molecular complexity index is 831. The first kappa shape index (κ1) is 20.3. The number of nitrogens with zero attached hydrogens (tertiary/aromatic N) is 2. The smallest absolute Gasteiger partial charge is 0.267 e. The van der Waals surface area contributed by atoms with Crippen LogP contribution in [0, 0.1) is 6.92 Å². The Morgan fingerprint density at radius 2 is 2.04 bits per heavy atom. The van der Waals surface area contributed by atoms with Crippen molar-refractivity contribution in [1.82, 2.24) is 15.4 Å². The zero-order chi connectivity index (χ0) is 19.9. The number of hydrogen-bond donors (Lipinski definition) is 3. The van der Waals surface area contributed by atoms with Gasteiger partial charge in [0, 0.05) is 37.9 Å². The molecule has 0 radical (unpaired) electrons. The fraction of sp³-hybridized carbons (Fsp3) is 0.333. The van der Waals surface area contributed by atoms with E-state index >= 15 is 0 Å². The van der Waals surface area contributed by atoms with Gasteiger partial charge in [-0.25, -0.2) is 10.5 Å². The molecule has 0 spiro atoms. The van der Waals surface area contributed by atoms with E-state index in [2.05, 4.69) is 46.4 Å². The topological polar surface area (TPSA) is 77.5 Å². The van der Waals surface area contributed by atoms with Crippen molar-refractivity contribution < 1.29 is 10.0 Å². The maximum atomic E-state index is 11.0. The predicted octanol–water partition coefficient (Wildman–Crippen LogP) is 3.64. The third-order valence-electron chi connectivity index (χ3n) is 4.85. The summed E-state index contributed by atoms with van der Waals surface area (Å²) in [6, 6.07) is 10.8. The number of hydroxylamine groups is 1. The van der Waals surface area contributed by atoms with E-state index in [9.17, 15) is 4.79 Å². The van der Waals surface area contributed by atoms with Crippen LogP contribution in [0.3, 0.4) is 0 Å². The van der Waals surface area contributed by atoms with Crippen LogP contribution in [-0.4, -0.2) is 40.1 Å². The number of carbonyl (C=O) groups excluding carboxylic acids is 1. The van der Waals surface area contributed by atoms with Crippen molar-refractivity contribution >= 4 is 29.4 Å². The van der Waals surface area contributed by atoms with Gasteiger partial charge in [-0.2, -0.15) is 0 Å². The highest BCUT2D eigenvalue weighted by molar-refractivity contribution is 6.33. The molecule has 0 aliphatic carbocycles. The molecule has 1 fully saturated rings. The Morgan fingerprint density at radius 1 is 1.32 bits per heavy atom. The number of piperidine rings is 1. The van der Waals surface area contributed by atoms with Crippen LogP contribution in [0.15, 0.2) is 42.6 Å². The van der Waals surface area contributed by atoms with E-state index in [1.165, 1.54) is 23.3 Å². The third kappa shape index (κ3) is 5.79. The first-order chi connectivity index (χ1) is 13.5. The minimum atomic E-state index is -0.601. The number of aromatic nitrogens is 1. The van der Waals surface area contributed by atoms with Crippen molar-refractivity contribution in [3.63, 3.8) is 0 Å². The highest BCUT2D eigenvalue weighted by Gasteiger charge is 2.20. The number of benzene rings is 1. The normalized spacial score (nSPS) is 15.7. The molecule has 1 aromatic heterocycles. The van der Waals surface area contributed by atoms with E-state index in [0.717, 1.165) is 32.5 Å². The van der Waals surface area contributed by atoms with Crippen LogP contribution in [0.25, 0.3) is 6.08 Å². The van der Waals surface area contributed by atoms with Gasteiger partial charge in [0.15, 0.2) is 0 Å². The molecule has 1 aliphatic rings. The van der Waals surface area contributed by atoms with Crippen molar-refractivity contribution in [1.29, 1.82) is 0 Å². The van der Waals surface area contributed by atoms with Gasteiger partial charge in [0.1, 0.15) is 5.82 Å². The summed E-state index contributed by atoms with van der Waals surface area (Å²) in [6.45, 7) is 5.14. The van der Waals surface area contributed by atoms with Gasteiger partial charge in [-0.05, 0) is 43.0 Å². The SMILES string of the molecule is Cc1ccc(CN2CCC(Nc3ncc(C=CC(=O)NO)cc3Cl)CC2)cc1. The summed E-state index contributed by atoms with van der Waals surface area (Å²) >= 11 is 6.33. The Morgan fingerprint density at radius 3 is 2.68 bits per heavy atom. The summed E-state index contributed by atoms with van der Waals surface area (Å²) in [5.74, 6) is 0.0538. The average Bonchev–Trinajstić information content (AvgIpc) is 2.71. The molecule has 1 amide bonds. The van der Waals surface area contributed by atoms with Gasteiger partial charge in [0.25, 0.3) is 5.91 Å². The van der Waals surface area contributed by atoms with E-state index < -0.39 is 5.91 Å². The molecule has 0 unspecified atom stereocenters. The second kappa shape index (κ2) is 9.68. The average molecular weight is 401 g/mol. The molecule has 7 heteroatoms. The lowest BCUT2D eigenvalue weighted by Crippen LogP contribution is -2.38. The maximum Gasteiger partial charge on any atom is 0.267 e. The third-order valence-corrected chi connectivity index (χ3v) is 5.14. The highest BCUT2D eigenvalue weighted by atomic mass is 35.5. The van der Waals surface area contributed by atoms with Gasteiger partial charge in [0.2, 0.25) is 0 Å². The van der Waals surface area contributed by atoms with Gasteiger partial charge in [-0.15, -0.1) is 0 Å². The number of aryl methyl sites for hydroxylation is 1. The van der Waals surface area contributed by atoms with Crippen molar-refractivity contribution in [3.05, 3.63) is 64.3 Å². The van der Waals surface area contributed by atoms with Gasteiger partial charge in [-0.1, -0.05) is 41.4 Å². The number of likely N-dealkylation sites (tertiary alicyclic amines) is 1. The number of nitrogens with one attached hydrogen (secondary N) is 2. The number of carbonyl (C=O) groups is 1. The first-order valence-corrected chi connectivity index (χ1v) is 9.73. The molecular weight excluding hydrogens is 376 g/mol. The number of pyridine rings is 1. The van der Waals surface area contributed by atoms with Crippen LogP contribution in [0.1, 0.15) is 29.5 Å². The van der Waals surface area contributed by atoms with Crippen molar-refractivity contribution in [2.45, 2.75) is 32.4 Å². The van der Waals surface area contributed by atoms with Crippen LogP contribution >= 0.6 is 11.6 Å². The van der Waals surface area contributed by atoms with Crippen LogP contribution in [0.2, 0.25) is 5.02 Å². The highest BCUT2D eigenvalue weighted by Crippen LogP contribution is 2.24. The van der Waals surface area contributed by atoms with Crippen LogP contribution in [0.4, 0.5) is 5.82 Å². The monoisotopic (exact) mass is 400 g/mol. The number of anilines is 1. The van der Waals surface area contributed by atoms with Gasteiger partial charge in [0.05, 0.1) is 5.02 Å². The molecule has 1 aliphatic heterocycles. The first-order valence-electron chi connectivity index (χ1n) is 9.35. The zero-order valence-corrected chi connectivity index (χ0v) is 16.6. The fourth-order valence-electron chi connectivity index (χ4n) is 3.24. The van der Waals surface area contributed by atoms with Crippen molar-refractivity contribution in [3.8, 4) is 0 Å². The predicted molar refractivity (Wildman–Crippen MR) is 111 cm³/mol. The second-order valence-corrected chi connectivity index (χ2v) is 7.50. The van der Waals surface area contributed by atoms with Gasteiger partial charge >= 0.3 is 0 Å². The summed E-state index contributed by atoms with van der Waals surface area (Å²) < 4.78 is 0. The molecule has 0 atom stereocenters. The molecule has 148 valence electrons. The number of halogens is 1. The fourth-order valence-corrected chi connectivity index (χ4v) is 3.47. The summed E-state index contributed by atoms with van der Waals surface area (Å²) in [4.78, 5) is 17.9. The molecule has 1 saturated heterocycles. The summed E-state index contributed by atoms with van der Waals surface area (Å²) in [7, 11) is 0. The number of rotatable bonds is 6. The van der Waals surface area contributed by atoms with E-state index in [0.29, 0.717) is 22.4 Å². The van der Waals surface area contributed by atoms with E-state index in [4.69, 9.17) is 16.8 Å². The molecule has 1 aromatic carbocycles. The van der Waals surface area contributed by atoms with E-state index in [1.807, 2.05) is 0 Å². The molecule has 0 saturated carbocycles. The quantitative estimate of drug-likeness (QED) is 0.392. The Hall–Kier alpha value is -2.41. The minimum absolute atomic E-state index is 0.334. The largest absolute Gasteiger partial charge is 0.366 e. The van der Waals surface area contributed by atoms with Crippen LogP contribution in [0.5, 0.6) is 0 Å². The summed E-state index contributed by atoms with van der Waals surface area (Å²) in [5.41, 5.74) is 4.86. The summed E-state index contributed by atoms with van der Waals surface area (Å²) in [5, 5.41) is 12.4. The Balaban J connectivity index is 1.51. The minimum Gasteiger partial charge on any atom is -0.366 e. The van der Waals surface area contributed by atoms with E-state index in [1.54, 1.807) is 17.7 Å². The Kier molecular flexibility index (Phi) is 7.03. The maximum absolute atomic E-state index is 11.0. The van der Waals surface area contributed by atoms with Crippen LogP contribution in [-0.2, 0) is 11.3 Å².